The Morgan fingerprint density at radius 2 is 1.96 bits per heavy atom. The zero-order valence-electron chi connectivity index (χ0n) is 12.9. The standard InChI is InChI=1S/C17H15N3O3S/c1-23-14-9-5-6-12(10-14)16-18-19-17(24-11-15(21)22)20(16)13-7-3-2-4-8-13/h2-10H,11H2,1H3,(H,21,22). The molecule has 0 aliphatic rings. The predicted octanol–water partition coefficient (Wildman–Crippen LogP) is 3.12. The molecule has 0 saturated carbocycles. The molecule has 0 atom stereocenters. The van der Waals surface area contributed by atoms with Gasteiger partial charge >= 0.3 is 5.97 Å². The number of carbonyl (C=O) groups is 1. The molecule has 0 radical (unpaired) electrons. The largest absolute Gasteiger partial charge is 0.497 e. The summed E-state index contributed by atoms with van der Waals surface area (Å²) in [5.74, 6) is 0.372. The summed E-state index contributed by atoms with van der Waals surface area (Å²) in [7, 11) is 1.61. The van der Waals surface area contributed by atoms with E-state index in [1.54, 1.807) is 7.11 Å². The van der Waals surface area contributed by atoms with Crippen LogP contribution in [0.15, 0.2) is 59.8 Å². The number of aromatic nitrogens is 3. The molecular formula is C17H15N3O3S. The van der Waals surface area contributed by atoms with E-state index in [1.165, 1.54) is 0 Å². The maximum Gasteiger partial charge on any atom is 0.313 e. The van der Waals surface area contributed by atoms with Gasteiger partial charge in [0.25, 0.3) is 0 Å². The summed E-state index contributed by atoms with van der Waals surface area (Å²) in [6, 6.07) is 17.1. The number of aliphatic carboxylic acids is 1. The summed E-state index contributed by atoms with van der Waals surface area (Å²) in [5.41, 5.74) is 1.71. The lowest BCUT2D eigenvalue weighted by Crippen LogP contribution is -2.03. The van der Waals surface area contributed by atoms with Gasteiger partial charge in [0.05, 0.1) is 12.9 Å². The number of nitrogens with zero attached hydrogens (tertiary/aromatic N) is 3. The Bertz CT molecular complexity index is 849. The average Bonchev–Trinajstić information content (AvgIpc) is 3.04. The monoisotopic (exact) mass is 341 g/mol. The van der Waals surface area contributed by atoms with Crippen LogP contribution < -0.4 is 4.74 Å². The lowest BCUT2D eigenvalue weighted by molar-refractivity contribution is -0.133. The summed E-state index contributed by atoms with van der Waals surface area (Å²) in [6.07, 6.45) is 0. The van der Waals surface area contributed by atoms with Crippen LogP contribution in [0.4, 0.5) is 0 Å². The van der Waals surface area contributed by atoms with E-state index in [0.717, 1.165) is 28.8 Å². The third kappa shape index (κ3) is 3.41. The van der Waals surface area contributed by atoms with Crippen LogP contribution in [0.5, 0.6) is 5.75 Å². The number of thioether (sulfide) groups is 1. The SMILES string of the molecule is COc1cccc(-c2nnc(SCC(=O)O)n2-c2ccccc2)c1. The first-order valence-corrected chi connectivity index (χ1v) is 8.17. The Kier molecular flexibility index (Phi) is 4.81. The van der Waals surface area contributed by atoms with E-state index in [-0.39, 0.29) is 5.75 Å². The molecule has 0 bridgehead atoms. The highest BCUT2D eigenvalue weighted by molar-refractivity contribution is 7.99. The van der Waals surface area contributed by atoms with Crippen LogP contribution in [0.2, 0.25) is 0 Å². The first kappa shape index (κ1) is 16.1. The van der Waals surface area contributed by atoms with Gasteiger partial charge in [0.1, 0.15) is 5.75 Å². The minimum Gasteiger partial charge on any atom is -0.497 e. The minimum atomic E-state index is -0.898. The van der Waals surface area contributed by atoms with Gasteiger partial charge in [-0.3, -0.25) is 9.36 Å². The third-order valence-electron chi connectivity index (χ3n) is 3.30. The van der Waals surface area contributed by atoms with Crippen LogP contribution in [0, 0.1) is 0 Å². The first-order chi connectivity index (χ1) is 11.7. The third-order valence-corrected chi connectivity index (χ3v) is 4.21. The van der Waals surface area contributed by atoms with Crippen molar-refractivity contribution in [2.24, 2.45) is 0 Å². The second-order valence-electron chi connectivity index (χ2n) is 4.89. The number of benzene rings is 2. The number of carboxylic acid groups (broad SMARTS) is 1. The van der Waals surface area contributed by atoms with E-state index < -0.39 is 5.97 Å². The van der Waals surface area contributed by atoms with E-state index in [9.17, 15) is 4.79 Å². The number of ether oxygens (including phenoxy) is 1. The van der Waals surface area contributed by atoms with Gasteiger partial charge in [-0.1, -0.05) is 42.1 Å². The molecule has 2 aromatic carbocycles. The highest BCUT2D eigenvalue weighted by atomic mass is 32.2. The van der Waals surface area contributed by atoms with Crippen molar-refractivity contribution < 1.29 is 14.6 Å². The normalized spacial score (nSPS) is 10.5. The van der Waals surface area contributed by atoms with E-state index in [2.05, 4.69) is 10.2 Å². The fraction of sp³-hybridized carbons (Fsp3) is 0.118. The molecule has 0 aliphatic heterocycles. The summed E-state index contributed by atoms with van der Waals surface area (Å²) in [5, 5.41) is 17.9. The smallest absolute Gasteiger partial charge is 0.313 e. The molecule has 1 heterocycles. The van der Waals surface area contributed by atoms with Crippen molar-refractivity contribution in [2.75, 3.05) is 12.9 Å². The maximum atomic E-state index is 10.9. The molecule has 0 saturated heterocycles. The molecule has 24 heavy (non-hydrogen) atoms. The number of hydrogen-bond donors (Lipinski definition) is 1. The van der Waals surface area contributed by atoms with Crippen LogP contribution in [0.1, 0.15) is 0 Å². The maximum absolute atomic E-state index is 10.9. The summed E-state index contributed by atoms with van der Waals surface area (Å²) < 4.78 is 7.12. The van der Waals surface area contributed by atoms with Gasteiger partial charge in [-0.2, -0.15) is 0 Å². The summed E-state index contributed by atoms with van der Waals surface area (Å²) in [6.45, 7) is 0. The zero-order valence-corrected chi connectivity index (χ0v) is 13.7. The molecule has 0 amide bonds. The van der Waals surface area contributed by atoms with Crippen molar-refractivity contribution in [1.82, 2.24) is 14.8 Å². The van der Waals surface area contributed by atoms with Gasteiger partial charge in [-0.15, -0.1) is 10.2 Å². The van der Waals surface area contributed by atoms with E-state index in [1.807, 2.05) is 59.2 Å². The number of para-hydroxylation sites is 1. The molecule has 1 N–H and O–H groups in total. The molecule has 6 nitrogen and oxygen atoms in total. The van der Waals surface area contributed by atoms with Crippen LogP contribution in [-0.2, 0) is 4.79 Å². The van der Waals surface area contributed by atoms with Gasteiger partial charge in [0.15, 0.2) is 11.0 Å². The van der Waals surface area contributed by atoms with Gasteiger partial charge < -0.3 is 9.84 Å². The molecular weight excluding hydrogens is 326 g/mol. The summed E-state index contributed by atoms with van der Waals surface area (Å²) >= 11 is 1.13. The van der Waals surface area contributed by atoms with Crippen LogP contribution in [0.3, 0.4) is 0 Å². The van der Waals surface area contributed by atoms with E-state index >= 15 is 0 Å². The molecule has 3 rings (SSSR count). The van der Waals surface area contributed by atoms with Crippen LogP contribution >= 0.6 is 11.8 Å². The van der Waals surface area contributed by atoms with Gasteiger partial charge in [0.2, 0.25) is 0 Å². The highest BCUT2D eigenvalue weighted by Crippen LogP contribution is 2.29. The lowest BCUT2D eigenvalue weighted by atomic mass is 10.2. The van der Waals surface area contributed by atoms with Gasteiger partial charge in [-0.05, 0) is 24.3 Å². The average molecular weight is 341 g/mol. The molecule has 0 unspecified atom stereocenters. The molecule has 1 aromatic heterocycles. The Balaban J connectivity index is 2.10. The lowest BCUT2D eigenvalue weighted by Gasteiger charge is -2.10. The first-order valence-electron chi connectivity index (χ1n) is 7.19. The van der Waals surface area contributed by atoms with Gasteiger partial charge in [-0.25, -0.2) is 0 Å². The van der Waals surface area contributed by atoms with Crippen molar-refractivity contribution in [1.29, 1.82) is 0 Å². The molecule has 0 fully saturated rings. The topological polar surface area (TPSA) is 77.2 Å². The van der Waals surface area contributed by atoms with Crippen molar-refractivity contribution in [3.63, 3.8) is 0 Å². The summed E-state index contributed by atoms with van der Waals surface area (Å²) in [4.78, 5) is 10.9. The van der Waals surface area contributed by atoms with Crippen molar-refractivity contribution >= 4 is 17.7 Å². The molecule has 122 valence electrons. The second kappa shape index (κ2) is 7.18. The van der Waals surface area contributed by atoms with E-state index in [0.29, 0.717) is 11.0 Å². The Hall–Kier alpha value is -2.80. The predicted molar refractivity (Wildman–Crippen MR) is 91.7 cm³/mol. The molecule has 0 spiro atoms. The number of rotatable bonds is 6. The highest BCUT2D eigenvalue weighted by Gasteiger charge is 2.17. The quantitative estimate of drug-likeness (QED) is 0.694. The fourth-order valence-corrected chi connectivity index (χ4v) is 2.92. The fourth-order valence-electron chi connectivity index (χ4n) is 2.25. The van der Waals surface area contributed by atoms with Crippen molar-refractivity contribution in [3.05, 3.63) is 54.6 Å². The molecule has 3 aromatic rings. The Morgan fingerprint density at radius 3 is 2.67 bits per heavy atom. The van der Waals surface area contributed by atoms with Crippen LogP contribution in [-0.4, -0.2) is 38.7 Å². The van der Waals surface area contributed by atoms with Crippen molar-refractivity contribution in [3.8, 4) is 22.8 Å². The number of hydrogen-bond acceptors (Lipinski definition) is 5. The second-order valence-corrected chi connectivity index (χ2v) is 5.83. The van der Waals surface area contributed by atoms with Crippen molar-refractivity contribution in [2.45, 2.75) is 5.16 Å². The molecule has 0 aliphatic carbocycles. The van der Waals surface area contributed by atoms with E-state index in [4.69, 9.17) is 9.84 Å². The zero-order chi connectivity index (χ0) is 16.9. The van der Waals surface area contributed by atoms with Gasteiger partial charge in [0, 0.05) is 11.3 Å². The number of methoxy groups -OCH3 is 1. The number of carboxylic acids is 1. The van der Waals surface area contributed by atoms with Crippen LogP contribution in [0.25, 0.3) is 17.1 Å². The Morgan fingerprint density at radius 1 is 1.17 bits per heavy atom. The minimum absolute atomic E-state index is 0.0803. The molecule has 7 heteroatoms. The Labute approximate surface area is 143 Å².